The van der Waals surface area contributed by atoms with Gasteiger partial charge in [-0.3, -0.25) is 5.10 Å². The van der Waals surface area contributed by atoms with E-state index in [0.29, 0.717) is 22.8 Å². The molecule has 0 bridgehead atoms. The van der Waals surface area contributed by atoms with Crippen molar-refractivity contribution in [3.05, 3.63) is 30.3 Å². The highest BCUT2D eigenvalue weighted by Crippen LogP contribution is 2.33. The van der Waals surface area contributed by atoms with Crippen LogP contribution in [0, 0.1) is 11.7 Å². The number of aromatic nitrogens is 4. The number of nitrogens with two attached hydrogens (primary N) is 1. The first-order valence-electron chi connectivity index (χ1n) is 9.54. The molecule has 1 aromatic carbocycles. The lowest BCUT2D eigenvalue weighted by atomic mass is 10.0. The number of aromatic amines is 1. The van der Waals surface area contributed by atoms with E-state index in [1.807, 2.05) is 19.9 Å². The third-order valence-electron chi connectivity index (χ3n) is 5.36. The molecule has 7 nitrogen and oxygen atoms in total. The number of anilines is 1. The van der Waals surface area contributed by atoms with E-state index in [1.54, 1.807) is 6.07 Å². The Hall–Kier alpha value is -2.74. The van der Waals surface area contributed by atoms with Gasteiger partial charge in [0.1, 0.15) is 17.8 Å². The van der Waals surface area contributed by atoms with E-state index in [0.717, 1.165) is 17.7 Å². The maximum atomic E-state index is 14.3. The van der Waals surface area contributed by atoms with Crippen LogP contribution in [0.5, 0.6) is 5.75 Å². The lowest BCUT2D eigenvalue weighted by Gasteiger charge is -2.24. The SMILES string of the molecule is CC(C)Oc1cc2c(-c3cc(N4C[C@H](C)[C@@H](N)[C@@H]4C)ncn3)n[nH]c2cc1F. The standard InChI is InChI=1S/C20H25FN6O/c1-10(2)28-17-5-13-15(6-14(17)21)25-26-20(13)16-7-18(24-9-23-16)27-8-11(3)19(22)12(27)4/h5-7,9-12,19H,8,22H2,1-4H3,(H,25,26)/t11-,12-,19+/m0/s1. The molecule has 2 aromatic heterocycles. The molecule has 0 radical (unpaired) electrons. The Morgan fingerprint density at radius 3 is 2.71 bits per heavy atom. The number of nitrogens with zero attached hydrogens (tertiary/aromatic N) is 4. The van der Waals surface area contributed by atoms with Gasteiger partial charge in [0.2, 0.25) is 0 Å². The Labute approximate surface area is 163 Å². The molecule has 8 heteroatoms. The average molecular weight is 384 g/mol. The van der Waals surface area contributed by atoms with Gasteiger partial charge in [0.25, 0.3) is 0 Å². The lowest BCUT2D eigenvalue weighted by Crippen LogP contribution is -2.38. The molecular formula is C20H25FN6O. The van der Waals surface area contributed by atoms with Crippen LogP contribution in [-0.2, 0) is 0 Å². The number of hydrogen-bond acceptors (Lipinski definition) is 6. The summed E-state index contributed by atoms with van der Waals surface area (Å²) in [4.78, 5) is 11.0. The van der Waals surface area contributed by atoms with Crippen molar-refractivity contribution in [3.8, 4) is 17.1 Å². The van der Waals surface area contributed by atoms with Crippen molar-refractivity contribution in [2.45, 2.75) is 45.9 Å². The number of rotatable bonds is 4. The zero-order chi connectivity index (χ0) is 20.0. The minimum Gasteiger partial charge on any atom is -0.488 e. The van der Waals surface area contributed by atoms with Crippen molar-refractivity contribution in [2.24, 2.45) is 11.7 Å². The Morgan fingerprint density at radius 1 is 1.25 bits per heavy atom. The van der Waals surface area contributed by atoms with Crippen molar-refractivity contribution in [3.63, 3.8) is 0 Å². The predicted octanol–water partition coefficient (Wildman–Crippen LogP) is 3.12. The second-order valence-corrected chi connectivity index (χ2v) is 7.78. The highest BCUT2D eigenvalue weighted by Gasteiger charge is 2.34. The van der Waals surface area contributed by atoms with Crippen LogP contribution in [0.2, 0.25) is 0 Å². The first kappa shape index (κ1) is 18.6. The average Bonchev–Trinajstić information content (AvgIpc) is 3.17. The highest BCUT2D eigenvalue weighted by molar-refractivity contribution is 5.93. The number of benzene rings is 1. The minimum atomic E-state index is -0.423. The van der Waals surface area contributed by atoms with Gasteiger partial charge in [-0.15, -0.1) is 0 Å². The number of ether oxygens (including phenoxy) is 1. The Balaban J connectivity index is 1.74. The number of fused-ring (bicyclic) bond motifs is 1. The molecule has 0 saturated carbocycles. The van der Waals surface area contributed by atoms with Gasteiger partial charge in [0, 0.05) is 36.1 Å². The van der Waals surface area contributed by atoms with Crippen LogP contribution in [0.15, 0.2) is 24.5 Å². The molecule has 148 valence electrons. The van der Waals surface area contributed by atoms with Crippen molar-refractivity contribution in [1.82, 2.24) is 20.2 Å². The summed E-state index contributed by atoms with van der Waals surface area (Å²) in [5.74, 6) is 0.980. The molecule has 1 fully saturated rings. The number of H-pyrrole nitrogens is 1. The van der Waals surface area contributed by atoms with Crippen LogP contribution in [0.25, 0.3) is 22.3 Å². The first-order valence-corrected chi connectivity index (χ1v) is 9.54. The van der Waals surface area contributed by atoms with E-state index < -0.39 is 5.82 Å². The van der Waals surface area contributed by atoms with Crippen molar-refractivity contribution in [2.75, 3.05) is 11.4 Å². The molecule has 1 saturated heterocycles. The molecule has 3 atom stereocenters. The van der Waals surface area contributed by atoms with Crippen molar-refractivity contribution >= 4 is 16.7 Å². The molecule has 3 heterocycles. The van der Waals surface area contributed by atoms with E-state index in [1.165, 1.54) is 12.4 Å². The predicted molar refractivity (Wildman–Crippen MR) is 107 cm³/mol. The summed E-state index contributed by atoms with van der Waals surface area (Å²) in [5, 5.41) is 7.99. The van der Waals surface area contributed by atoms with Crippen LogP contribution in [-0.4, -0.2) is 44.9 Å². The van der Waals surface area contributed by atoms with Crippen molar-refractivity contribution in [1.29, 1.82) is 0 Å². The second-order valence-electron chi connectivity index (χ2n) is 7.78. The smallest absolute Gasteiger partial charge is 0.167 e. The van der Waals surface area contributed by atoms with Crippen LogP contribution in [0.1, 0.15) is 27.7 Å². The van der Waals surface area contributed by atoms with Gasteiger partial charge in [0.15, 0.2) is 11.6 Å². The van der Waals surface area contributed by atoms with Crippen LogP contribution >= 0.6 is 0 Å². The van der Waals surface area contributed by atoms with Gasteiger partial charge in [-0.05, 0) is 32.8 Å². The summed E-state index contributed by atoms with van der Waals surface area (Å²) in [7, 11) is 0. The van der Waals surface area contributed by atoms with E-state index in [4.69, 9.17) is 10.5 Å². The largest absolute Gasteiger partial charge is 0.488 e. The van der Waals surface area contributed by atoms with Gasteiger partial charge >= 0.3 is 0 Å². The molecule has 4 rings (SSSR count). The van der Waals surface area contributed by atoms with E-state index in [2.05, 4.69) is 38.9 Å². The summed E-state index contributed by atoms with van der Waals surface area (Å²) < 4.78 is 19.8. The third-order valence-corrected chi connectivity index (χ3v) is 5.36. The van der Waals surface area contributed by atoms with Crippen molar-refractivity contribution < 1.29 is 9.13 Å². The number of nitrogens with one attached hydrogen (secondary N) is 1. The van der Waals surface area contributed by atoms with E-state index in [9.17, 15) is 4.39 Å². The summed E-state index contributed by atoms with van der Waals surface area (Å²) in [5.41, 5.74) is 8.17. The molecule has 0 unspecified atom stereocenters. The number of halogens is 1. The van der Waals surface area contributed by atoms with Gasteiger partial charge < -0.3 is 15.4 Å². The Bertz CT molecular complexity index is 1000. The molecule has 0 aliphatic carbocycles. The Kier molecular flexibility index (Phi) is 4.66. The van der Waals surface area contributed by atoms with E-state index in [-0.39, 0.29) is 23.9 Å². The maximum absolute atomic E-state index is 14.3. The molecule has 0 amide bonds. The molecule has 1 aliphatic rings. The topological polar surface area (TPSA) is 93.0 Å². The fourth-order valence-electron chi connectivity index (χ4n) is 3.77. The third kappa shape index (κ3) is 3.17. The fourth-order valence-corrected chi connectivity index (χ4v) is 3.77. The monoisotopic (exact) mass is 384 g/mol. The molecular weight excluding hydrogens is 359 g/mol. The van der Waals surface area contributed by atoms with Gasteiger partial charge in [-0.25, -0.2) is 14.4 Å². The summed E-state index contributed by atoms with van der Waals surface area (Å²) >= 11 is 0. The highest BCUT2D eigenvalue weighted by atomic mass is 19.1. The van der Waals surface area contributed by atoms with Gasteiger partial charge in [-0.2, -0.15) is 5.10 Å². The fraction of sp³-hybridized carbons (Fsp3) is 0.450. The Morgan fingerprint density at radius 2 is 2.04 bits per heavy atom. The quantitative estimate of drug-likeness (QED) is 0.718. The first-order chi connectivity index (χ1) is 13.3. The maximum Gasteiger partial charge on any atom is 0.167 e. The van der Waals surface area contributed by atoms with Crippen LogP contribution < -0.4 is 15.4 Å². The molecule has 1 aliphatic heterocycles. The van der Waals surface area contributed by atoms with Gasteiger partial charge in [0.05, 0.1) is 17.3 Å². The lowest BCUT2D eigenvalue weighted by molar-refractivity contribution is 0.231. The zero-order valence-corrected chi connectivity index (χ0v) is 16.5. The molecule has 3 N–H and O–H groups in total. The van der Waals surface area contributed by atoms with Crippen LogP contribution in [0.4, 0.5) is 10.2 Å². The molecule has 28 heavy (non-hydrogen) atoms. The molecule has 0 spiro atoms. The number of hydrogen-bond donors (Lipinski definition) is 2. The summed E-state index contributed by atoms with van der Waals surface area (Å²) in [6, 6.07) is 5.26. The summed E-state index contributed by atoms with van der Waals surface area (Å²) in [6.45, 7) is 8.82. The van der Waals surface area contributed by atoms with Crippen LogP contribution in [0.3, 0.4) is 0 Å². The normalized spacial score (nSPS) is 22.4. The van der Waals surface area contributed by atoms with E-state index >= 15 is 0 Å². The molecule has 3 aromatic rings. The second kappa shape index (κ2) is 7.01. The van der Waals surface area contributed by atoms with Gasteiger partial charge in [-0.1, -0.05) is 6.92 Å². The minimum absolute atomic E-state index is 0.100. The summed E-state index contributed by atoms with van der Waals surface area (Å²) in [6.07, 6.45) is 1.40. The zero-order valence-electron chi connectivity index (χ0n) is 16.5.